The van der Waals surface area contributed by atoms with Crippen LogP contribution in [0.3, 0.4) is 0 Å². The van der Waals surface area contributed by atoms with Crippen LogP contribution in [0.15, 0.2) is 36.9 Å². The Bertz CT molecular complexity index is 449. The molecule has 2 rings (SSSR count). The van der Waals surface area contributed by atoms with Gasteiger partial charge in [0.1, 0.15) is 0 Å². The lowest BCUT2D eigenvalue weighted by molar-refractivity contribution is 0.600. The van der Waals surface area contributed by atoms with Gasteiger partial charge in [0.25, 0.3) is 0 Å². The van der Waals surface area contributed by atoms with Gasteiger partial charge in [0.2, 0.25) is 0 Å². The van der Waals surface area contributed by atoms with E-state index in [4.69, 9.17) is 0 Å². The second-order valence-corrected chi connectivity index (χ2v) is 4.04. The summed E-state index contributed by atoms with van der Waals surface area (Å²) in [6.07, 6.45) is 8.79. The van der Waals surface area contributed by atoms with E-state index in [1.54, 1.807) is 6.20 Å². The van der Waals surface area contributed by atoms with E-state index in [9.17, 15) is 0 Å². The van der Waals surface area contributed by atoms with Gasteiger partial charge in [-0.05, 0) is 25.1 Å². The molecular weight excluding hydrogens is 212 g/mol. The van der Waals surface area contributed by atoms with Crippen LogP contribution in [0.1, 0.15) is 30.5 Å². The van der Waals surface area contributed by atoms with E-state index in [2.05, 4.69) is 34.6 Å². The predicted molar refractivity (Wildman–Crippen MR) is 67.7 cm³/mol. The summed E-state index contributed by atoms with van der Waals surface area (Å²) >= 11 is 0. The van der Waals surface area contributed by atoms with Gasteiger partial charge in [-0.25, -0.2) is 0 Å². The predicted octanol–water partition coefficient (Wildman–Crippen LogP) is 2.00. The summed E-state index contributed by atoms with van der Waals surface area (Å²) in [6, 6.07) is 4.19. The molecule has 90 valence electrons. The monoisotopic (exact) mass is 230 g/mol. The van der Waals surface area contributed by atoms with E-state index in [0.29, 0.717) is 0 Å². The molecule has 4 heteroatoms. The Labute approximate surface area is 102 Å². The van der Waals surface area contributed by atoms with Crippen molar-refractivity contribution in [1.82, 2.24) is 20.1 Å². The highest BCUT2D eigenvalue weighted by molar-refractivity contribution is 5.26. The molecule has 2 heterocycles. The van der Waals surface area contributed by atoms with E-state index in [1.165, 1.54) is 5.56 Å². The van der Waals surface area contributed by atoms with E-state index < -0.39 is 0 Å². The maximum absolute atomic E-state index is 4.36. The van der Waals surface area contributed by atoms with Gasteiger partial charge in [-0.1, -0.05) is 13.0 Å². The fourth-order valence-electron chi connectivity index (χ4n) is 1.95. The van der Waals surface area contributed by atoms with Crippen molar-refractivity contribution in [3.8, 4) is 0 Å². The third-order valence-corrected chi connectivity index (χ3v) is 2.75. The molecule has 1 unspecified atom stereocenters. The molecule has 0 spiro atoms. The molecule has 0 aromatic carbocycles. The zero-order valence-electron chi connectivity index (χ0n) is 10.3. The molecule has 0 saturated heterocycles. The molecule has 0 fully saturated rings. The molecular formula is C13H18N4. The van der Waals surface area contributed by atoms with Crippen LogP contribution in [-0.2, 0) is 6.54 Å². The standard InChI is InChI=1S/C13H18N4/c1-3-7-17-10-12(9-16-17)13(14-2)11-5-4-6-15-8-11/h4-6,8-10,13-14H,3,7H2,1-2H3. The number of rotatable bonds is 5. The minimum Gasteiger partial charge on any atom is -0.309 e. The molecule has 0 aliphatic heterocycles. The van der Waals surface area contributed by atoms with Gasteiger partial charge in [0.05, 0.1) is 12.2 Å². The second kappa shape index (κ2) is 5.59. The van der Waals surface area contributed by atoms with Gasteiger partial charge in [0, 0.05) is 30.7 Å². The normalized spacial score (nSPS) is 12.6. The Morgan fingerprint density at radius 1 is 1.35 bits per heavy atom. The number of hydrogen-bond acceptors (Lipinski definition) is 3. The molecule has 0 bridgehead atoms. The maximum Gasteiger partial charge on any atom is 0.0620 e. The lowest BCUT2D eigenvalue weighted by Crippen LogP contribution is -2.17. The average molecular weight is 230 g/mol. The van der Waals surface area contributed by atoms with E-state index >= 15 is 0 Å². The Hall–Kier alpha value is -1.68. The third-order valence-electron chi connectivity index (χ3n) is 2.75. The lowest BCUT2D eigenvalue weighted by Gasteiger charge is -2.14. The van der Waals surface area contributed by atoms with Crippen molar-refractivity contribution < 1.29 is 0 Å². The van der Waals surface area contributed by atoms with Crippen molar-refractivity contribution in [1.29, 1.82) is 0 Å². The number of pyridine rings is 1. The molecule has 0 radical (unpaired) electrons. The molecule has 0 saturated carbocycles. The molecule has 0 aliphatic carbocycles. The minimum absolute atomic E-state index is 0.161. The summed E-state index contributed by atoms with van der Waals surface area (Å²) < 4.78 is 1.98. The summed E-state index contributed by atoms with van der Waals surface area (Å²) in [4.78, 5) is 4.15. The van der Waals surface area contributed by atoms with Crippen LogP contribution in [0.5, 0.6) is 0 Å². The number of aryl methyl sites for hydroxylation is 1. The van der Waals surface area contributed by atoms with Gasteiger partial charge in [-0.3, -0.25) is 9.67 Å². The number of nitrogens with one attached hydrogen (secondary N) is 1. The van der Waals surface area contributed by atoms with Crippen molar-refractivity contribution in [3.63, 3.8) is 0 Å². The summed E-state index contributed by atoms with van der Waals surface area (Å²) in [7, 11) is 1.95. The molecule has 2 aromatic heterocycles. The van der Waals surface area contributed by atoms with Gasteiger partial charge in [0.15, 0.2) is 0 Å². The first kappa shape index (κ1) is 11.8. The van der Waals surface area contributed by atoms with Crippen LogP contribution < -0.4 is 5.32 Å². The number of nitrogens with zero attached hydrogens (tertiary/aromatic N) is 3. The van der Waals surface area contributed by atoms with Crippen LogP contribution in [-0.4, -0.2) is 21.8 Å². The lowest BCUT2D eigenvalue weighted by atomic mass is 10.0. The van der Waals surface area contributed by atoms with Crippen LogP contribution in [0.2, 0.25) is 0 Å². The van der Waals surface area contributed by atoms with Gasteiger partial charge >= 0.3 is 0 Å². The molecule has 4 nitrogen and oxygen atoms in total. The Morgan fingerprint density at radius 3 is 2.88 bits per heavy atom. The van der Waals surface area contributed by atoms with Gasteiger partial charge in [-0.2, -0.15) is 5.10 Å². The molecule has 1 atom stereocenters. The Balaban J connectivity index is 2.23. The Morgan fingerprint density at radius 2 is 2.24 bits per heavy atom. The highest BCUT2D eigenvalue weighted by Crippen LogP contribution is 2.20. The van der Waals surface area contributed by atoms with Crippen LogP contribution in [0, 0.1) is 0 Å². The molecule has 0 amide bonds. The SMILES string of the molecule is CCCn1cc(C(NC)c2cccnc2)cn1. The zero-order valence-corrected chi connectivity index (χ0v) is 10.3. The quantitative estimate of drug-likeness (QED) is 0.854. The van der Waals surface area contributed by atoms with Crippen molar-refractivity contribution >= 4 is 0 Å². The molecule has 1 N–H and O–H groups in total. The summed E-state index contributed by atoms with van der Waals surface area (Å²) in [5.41, 5.74) is 2.33. The summed E-state index contributed by atoms with van der Waals surface area (Å²) in [6.45, 7) is 3.11. The largest absolute Gasteiger partial charge is 0.309 e. The first-order valence-corrected chi connectivity index (χ1v) is 5.94. The summed E-state index contributed by atoms with van der Waals surface area (Å²) in [5.74, 6) is 0. The minimum atomic E-state index is 0.161. The fraction of sp³-hybridized carbons (Fsp3) is 0.385. The third kappa shape index (κ3) is 2.71. The van der Waals surface area contributed by atoms with E-state index in [0.717, 1.165) is 18.5 Å². The van der Waals surface area contributed by atoms with E-state index in [-0.39, 0.29) is 6.04 Å². The first-order chi connectivity index (χ1) is 8.35. The zero-order chi connectivity index (χ0) is 12.1. The number of aromatic nitrogens is 3. The second-order valence-electron chi connectivity index (χ2n) is 4.04. The molecule has 17 heavy (non-hydrogen) atoms. The molecule has 2 aromatic rings. The fourth-order valence-corrected chi connectivity index (χ4v) is 1.95. The van der Waals surface area contributed by atoms with Crippen molar-refractivity contribution in [3.05, 3.63) is 48.0 Å². The summed E-state index contributed by atoms with van der Waals surface area (Å²) in [5, 5.41) is 7.65. The highest BCUT2D eigenvalue weighted by atomic mass is 15.3. The first-order valence-electron chi connectivity index (χ1n) is 5.94. The van der Waals surface area contributed by atoms with Crippen molar-refractivity contribution in [2.75, 3.05) is 7.05 Å². The van der Waals surface area contributed by atoms with Crippen molar-refractivity contribution in [2.24, 2.45) is 0 Å². The average Bonchev–Trinajstić information content (AvgIpc) is 2.81. The Kier molecular flexibility index (Phi) is 3.88. The highest BCUT2D eigenvalue weighted by Gasteiger charge is 2.13. The molecule has 0 aliphatic rings. The number of hydrogen-bond donors (Lipinski definition) is 1. The van der Waals surface area contributed by atoms with E-state index in [1.807, 2.05) is 30.2 Å². The maximum atomic E-state index is 4.36. The van der Waals surface area contributed by atoms with Crippen LogP contribution in [0.25, 0.3) is 0 Å². The van der Waals surface area contributed by atoms with Gasteiger partial charge < -0.3 is 5.32 Å². The van der Waals surface area contributed by atoms with Crippen molar-refractivity contribution in [2.45, 2.75) is 25.9 Å². The smallest absolute Gasteiger partial charge is 0.0620 e. The van der Waals surface area contributed by atoms with Crippen LogP contribution >= 0.6 is 0 Å². The van der Waals surface area contributed by atoms with Gasteiger partial charge in [-0.15, -0.1) is 0 Å². The topological polar surface area (TPSA) is 42.7 Å². The van der Waals surface area contributed by atoms with Crippen LogP contribution in [0.4, 0.5) is 0 Å².